The molecular formula is C28H33N5O8. The molecule has 9 N–H and O–H groups in total. The molecule has 13 heteroatoms. The second-order valence-corrected chi connectivity index (χ2v) is 9.50. The highest BCUT2D eigenvalue weighted by Crippen LogP contribution is 2.19. The second kappa shape index (κ2) is 14.6. The monoisotopic (exact) mass is 567 g/mol. The van der Waals surface area contributed by atoms with E-state index in [1.165, 1.54) is 0 Å². The van der Waals surface area contributed by atoms with Gasteiger partial charge in [0, 0.05) is 36.4 Å². The molecule has 0 aliphatic rings. The summed E-state index contributed by atoms with van der Waals surface area (Å²) in [5, 5.41) is 36.3. The van der Waals surface area contributed by atoms with Crippen molar-refractivity contribution in [3.63, 3.8) is 0 Å². The Morgan fingerprint density at radius 2 is 1.39 bits per heavy atom. The third-order valence-corrected chi connectivity index (χ3v) is 6.44. The molecule has 1 aromatic heterocycles. The third kappa shape index (κ3) is 8.88. The predicted octanol–water partition coefficient (Wildman–Crippen LogP) is -0.323. The van der Waals surface area contributed by atoms with Gasteiger partial charge in [0.1, 0.15) is 24.2 Å². The standard InChI is InChI=1S/C28H33N5O8/c29-19(15-34)25(37)32-22(13-17-14-30-20-9-5-4-8-18(17)20)27(39)31-21(10-11-24(35)36)26(38)33-23(28(40)41)12-16-6-2-1-3-7-16/h1-9,14,19,21-23,30,34H,10-13,15,29H2,(H,31,39)(H,32,37)(H,33,38)(H,35,36)(H,40,41). The fourth-order valence-corrected chi connectivity index (χ4v) is 4.22. The van der Waals surface area contributed by atoms with E-state index in [0.717, 1.165) is 10.9 Å². The van der Waals surface area contributed by atoms with Crippen molar-refractivity contribution >= 4 is 40.6 Å². The van der Waals surface area contributed by atoms with E-state index in [0.29, 0.717) is 11.1 Å². The Morgan fingerprint density at radius 3 is 2.05 bits per heavy atom. The van der Waals surface area contributed by atoms with Crippen LogP contribution in [0, 0.1) is 0 Å². The molecule has 0 aliphatic heterocycles. The zero-order valence-electron chi connectivity index (χ0n) is 22.1. The minimum absolute atomic E-state index is 0.0290. The molecule has 0 radical (unpaired) electrons. The Morgan fingerprint density at radius 1 is 0.780 bits per heavy atom. The first-order valence-electron chi connectivity index (χ1n) is 12.9. The van der Waals surface area contributed by atoms with Crippen LogP contribution in [-0.2, 0) is 36.8 Å². The highest BCUT2D eigenvalue weighted by atomic mass is 16.4. The normalized spacial score (nSPS) is 13.9. The molecule has 0 saturated heterocycles. The maximum atomic E-state index is 13.4. The molecule has 0 spiro atoms. The zero-order chi connectivity index (χ0) is 29.9. The fraction of sp³-hybridized carbons (Fsp3) is 0.321. The second-order valence-electron chi connectivity index (χ2n) is 9.50. The van der Waals surface area contributed by atoms with Crippen LogP contribution in [0.3, 0.4) is 0 Å². The summed E-state index contributed by atoms with van der Waals surface area (Å²) in [6.45, 7) is -0.672. The fourth-order valence-electron chi connectivity index (χ4n) is 4.22. The lowest BCUT2D eigenvalue weighted by Gasteiger charge is -2.25. The Kier molecular flexibility index (Phi) is 11.0. The van der Waals surface area contributed by atoms with Crippen LogP contribution in [0.2, 0.25) is 0 Å². The van der Waals surface area contributed by atoms with E-state index in [-0.39, 0.29) is 19.3 Å². The number of nitrogens with one attached hydrogen (secondary N) is 4. The lowest BCUT2D eigenvalue weighted by Crippen LogP contribution is -2.58. The molecular weight excluding hydrogens is 534 g/mol. The van der Waals surface area contributed by atoms with Gasteiger partial charge in [0.25, 0.3) is 0 Å². The number of aromatic amines is 1. The van der Waals surface area contributed by atoms with Gasteiger partial charge in [-0.05, 0) is 23.6 Å². The minimum atomic E-state index is -1.43. The number of H-pyrrole nitrogens is 1. The summed E-state index contributed by atoms with van der Waals surface area (Å²) in [6, 6.07) is 10.5. The van der Waals surface area contributed by atoms with Gasteiger partial charge in [0.15, 0.2) is 0 Å². The van der Waals surface area contributed by atoms with Gasteiger partial charge < -0.3 is 42.0 Å². The molecule has 0 saturated carbocycles. The lowest BCUT2D eigenvalue weighted by atomic mass is 10.0. The molecule has 4 unspecified atom stereocenters. The number of aromatic nitrogens is 1. The first kappa shape index (κ1) is 30.8. The van der Waals surface area contributed by atoms with E-state index in [9.17, 15) is 39.3 Å². The topological polar surface area (TPSA) is 224 Å². The molecule has 3 rings (SSSR count). The Balaban J connectivity index is 1.82. The quantitative estimate of drug-likeness (QED) is 0.120. The number of hydrogen-bond acceptors (Lipinski definition) is 7. The van der Waals surface area contributed by atoms with Crippen molar-refractivity contribution in [2.45, 2.75) is 49.9 Å². The summed E-state index contributed by atoms with van der Waals surface area (Å²) in [4.78, 5) is 65.3. The average Bonchev–Trinajstić information content (AvgIpc) is 3.36. The van der Waals surface area contributed by atoms with Crippen molar-refractivity contribution < 1.29 is 39.3 Å². The number of carboxylic acids is 2. The molecule has 3 aromatic rings. The Labute approximate surface area is 235 Å². The smallest absolute Gasteiger partial charge is 0.326 e. The number of nitrogens with two attached hydrogens (primary N) is 1. The molecule has 218 valence electrons. The number of para-hydroxylation sites is 1. The maximum Gasteiger partial charge on any atom is 0.326 e. The highest BCUT2D eigenvalue weighted by molar-refractivity contribution is 5.95. The van der Waals surface area contributed by atoms with Crippen LogP contribution in [0.15, 0.2) is 60.8 Å². The number of aliphatic hydroxyl groups excluding tert-OH is 1. The van der Waals surface area contributed by atoms with E-state index < -0.39 is 66.9 Å². The van der Waals surface area contributed by atoms with Crippen molar-refractivity contribution in [1.29, 1.82) is 0 Å². The maximum absolute atomic E-state index is 13.4. The first-order valence-corrected chi connectivity index (χ1v) is 12.9. The number of carbonyl (C=O) groups is 5. The number of carbonyl (C=O) groups excluding carboxylic acids is 3. The van der Waals surface area contributed by atoms with Gasteiger partial charge in [0.2, 0.25) is 17.7 Å². The van der Waals surface area contributed by atoms with Crippen molar-refractivity contribution in [1.82, 2.24) is 20.9 Å². The van der Waals surface area contributed by atoms with E-state index in [4.69, 9.17) is 5.73 Å². The van der Waals surface area contributed by atoms with Crippen LogP contribution in [-0.4, -0.2) is 80.7 Å². The number of benzene rings is 2. The van der Waals surface area contributed by atoms with Crippen LogP contribution >= 0.6 is 0 Å². The van der Waals surface area contributed by atoms with Crippen molar-refractivity contribution in [2.24, 2.45) is 5.73 Å². The lowest BCUT2D eigenvalue weighted by molar-refractivity contribution is -0.143. The summed E-state index contributed by atoms with van der Waals surface area (Å²) >= 11 is 0. The number of carboxylic acid groups (broad SMARTS) is 2. The first-order chi connectivity index (χ1) is 19.6. The molecule has 41 heavy (non-hydrogen) atoms. The van der Waals surface area contributed by atoms with E-state index in [1.54, 1.807) is 42.6 Å². The number of hydrogen-bond donors (Lipinski definition) is 8. The molecule has 0 aliphatic carbocycles. The summed E-state index contributed by atoms with van der Waals surface area (Å²) < 4.78 is 0. The van der Waals surface area contributed by atoms with Crippen molar-refractivity contribution in [2.75, 3.05) is 6.61 Å². The van der Waals surface area contributed by atoms with Crippen LogP contribution < -0.4 is 21.7 Å². The van der Waals surface area contributed by atoms with E-state index in [1.807, 2.05) is 18.2 Å². The van der Waals surface area contributed by atoms with Crippen LogP contribution in [0.1, 0.15) is 24.0 Å². The summed E-state index contributed by atoms with van der Waals surface area (Å²) in [5.74, 6) is -5.07. The predicted molar refractivity (Wildman–Crippen MR) is 148 cm³/mol. The van der Waals surface area contributed by atoms with Crippen molar-refractivity contribution in [3.05, 3.63) is 71.9 Å². The molecule has 3 amide bonds. The summed E-state index contributed by atoms with van der Waals surface area (Å²) in [7, 11) is 0. The molecule has 0 bridgehead atoms. The van der Waals surface area contributed by atoms with Gasteiger partial charge in [-0.3, -0.25) is 19.2 Å². The zero-order valence-corrected chi connectivity index (χ0v) is 22.1. The SMILES string of the molecule is NC(CO)C(=O)NC(Cc1c[nH]c2ccccc12)C(=O)NC(CCC(=O)O)C(=O)NC(Cc1ccccc1)C(=O)O. The number of fused-ring (bicyclic) bond motifs is 1. The highest BCUT2D eigenvalue weighted by Gasteiger charge is 2.31. The number of aliphatic hydroxyl groups is 1. The van der Waals surface area contributed by atoms with Gasteiger partial charge >= 0.3 is 11.9 Å². The third-order valence-electron chi connectivity index (χ3n) is 6.44. The van der Waals surface area contributed by atoms with Gasteiger partial charge in [-0.2, -0.15) is 0 Å². The van der Waals surface area contributed by atoms with Gasteiger partial charge in [-0.25, -0.2) is 4.79 Å². The van der Waals surface area contributed by atoms with Crippen LogP contribution in [0.5, 0.6) is 0 Å². The number of rotatable bonds is 15. The van der Waals surface area contributed by atoms with E-state index in [2.05, 4.69) is 20.9 Å². The van der Waals surface area contributed by atoms with Crippen LogP contribution in [0.25, 0.3) is 10.9 Å². The Hall–Kier alpha value is -4.75. The average molecular weight is 568 g/mol. The molecule has 4 atom stereocenters. The molecule has 0 fully saturated rings. The van der Waals surface area contributed by atoms with E-state index >= 15 is 0 Å². The van der Waals surface area contributed by atoms with Gasteiger partial charge in [-0.1, -0.05) is 48.5 Å². The summed E-state index contributed by atoms with van der Waals surface area (Å²) in [5.41, 5.74) is 7.72. The minimum Gasteiger partial charge on any atom is -0.481 e. The molecule has 2 aromatic carbocycles. The van der Waals surface area contributed by atoms with Gasteiger partial charge in [-0.15, -0.1) is 0 Å². The number of aliphatic carboxylic acids is 2. The summed E-state index contributed by atoms with van der Waals surface area (Å²) in [6.07, 6.45) is 0.759. The van der Waals surface area contributed by atoms with Crippen molar-refractivity contribution in [3.8, 4) is 0 Å². The number of amides is 3. The van der Waals surface area contributed by atoms with Gasteiger partial charge in [0.05, 0.1) is 6.61 Å². The molecule has 1 heterocycles. The largest absolute Gasteiger partial charge is 0.481 e. The Bertz CT molecular complexity index is 1380. The molecule has 13 nitrogen and oxygen atoms in total. The van der Waals surface area contributed by atoms with Crippen LogP contribution in [0.4, 0.5) is 0 Å².